The predicted octanol–water partition coefficient (Wildman–Crippen LogP) is 2.30. The summed E-state index contributed by atoms with van der Waals surface area (Å²) in [6.45, 7) is 0. The van der Waals surface area contributed by atoms with Crippen LogP contribution in [0.15, 0.2) is 0 Å². The molecule has 2 saturated carbocycles. The second-order valence-electron chi connectivity index (χ2n) is 3.13. The molecule has 0 aromatic rings. The molecule has 0 bridgehead atoms. The van der Waals surface area contributed by atoms with Crippen molar-refractivity contribution in [1.29, 1.82) is 0 Å². The summed E-state index contributed by atoms with van der Waals surface area (Å²) in [4.78, 5) is 0. The Morgan fingerprint density at radius 2 is 1.70 bits per heavy atom. The summed E-state index contributed by atoms with van der Waals surface area (Å²) >= 11 is 0. The van der Waals surface area contributed by atoms with Crippen LogP contribution >= 0.6 is 0 Å². The Kier molecular flexibility index (Phi) is 0.860. The van der Waals surface area contributed by atoms with Crippen LogP contribution in [-0.4, -0.2) is 11.8 Å². The van der Waals surface area contributed by atoms with Gasteiger partial charge in [-0.1, -0.05) is 0 Å². The number of alkyl halides is 4. The zero-order chi connectivity index (χ0) is 7.57. The van der Waals surface area contributed by atoms with Gasteiger partial charge in [0, 0.05) is 12.3 Å². The molecule has 1 unspecified atom stereocenters. The maximum Gasteiger partial charge on any atom is 0.313 e. The molecule has 2 fully saturated rings. The smallest absolute Gasteiger partial charge is 0.200 e. The molecule has 0 amide bonds. The van der Waals surface area contributed by atoms with Gasteiger partial charge in [-0.05, 0) is 12.3 Å². The van der Waals surface area contributed by atoms with E-state index in [1.54, 1.807) is 0 Å². The fraction of sp³-hybridized carbons (Fsp3) is 1.00. The van der Waals surface area contributed by atoms with Crippen LogP contribution in [0.3, 0.4) is 0 Å². The molecule has 0 saturated heterocycles. The molecule has 0 heterocycles. The van der Waals surface area contributed by atoms with E-state index in [1.165, 1.54) is 0 Å². The van der Waals surface area contributed by atoms with Crippen LogP contribution in [0.4, 0.5) is 17.6 Å². The molecule has 10 heavy (non-hydrogen) atoms. The molecule has 2 aliphatic rings. The van der Waals surface area contributed by atoms with Gasteiger partial charge in [0.25, 0.3) is 0 Å². The summed E-state index contributed by atoms with van der Waals surface area (Å²) < 4.78 is 49.3. The molecule has 58 valence electrons. The minimum atomic E-state index is -3.72. The van der Waals surface area contributed by atoms with Crippen LogP contribution in [0.2, 0.25) is 0 Å². The van der Waals surface area contributed by atoms with E-state index >= 15 is 0 Å². The lowest BCUT2D eigenvalue weighted by Gasteiger charge is -2.20. The second kappa shape index (κ2) is 1.34. The first kappa shape index (κ1) is 6.43. The van der Waals surface area contributed by atoms with Crippen molar-refractivity contribution < 1.29 is 17.6 Å². The van der Waals surface area contributed by atoms with E-state index in [2.05, 4.69) is 0 Å². The maximum absolute atomic E-state index is 12.4. The SMILES string of the molecule is FC1(F)C[C@H]2CC2C1(F)F. The fourth-order valence-corrected chi connectivity index (χ4v) is 1.65. The van der Waals surface area contributed by atoms with Crippen molar-refractivity contribution in [3.63, 3.8) is 0 Å². The molecule has 0 radical (unpaired) electrons. The highest BCUT2D eigenvalue weighted by atomic mass is 19.3. The van der Waals surface area contributed by atoms with Crippen LogP contribution in [-0.2, 0) is 0 Å². The summed E-state index contributed by atoms with van der Waals surface area (Å²) in [6, 6.07) is 0. The lowest BCUT2D eigenvalue weighted by atomic mass is 10.1. The van der Waals surface area contributed by atoms with Gasteiger partial charge in [-0.15, -0.1) is 0 Å². The quantitative estimate of drug-likeness (QED) is 0.469. The van der Waals surface area contributed by atoms with E-state index < -0.39 is 30.1 Å². The summed E-state index contributed by atoms with van der Waals surface area (Å²) in [5.74, 6) is -8.84. The summed E-state index contributed by atoms with van der Waals surface area (Å²) in [7, 11) is 0. The third kappa shape index (κ3) is 0.527. The fourth-order valence-electron chi connectivity index (χ4n) is 1.65. The van der Waals surface area contributed by atoms with Crippen molar-refractivity contribution in [3.05, 3.63) is 0 Å². The van der Waals surface area contributed by atoms with E-state index in [0.717, 1.165) is 0 Å². The van der Waals surface area contributed by atoms with Crippen LogP contribution in [0, 0.1) is 11.8 Å². The largest absolute Gasteiger partial charge is 0.313 e. The second-order valence-corrected chi connectivity index (χ2v) is 3.13. The first-order valence-electron chi connectivity index (χ1n) is 3.21. The third-order valence-electron chi connectivity index (χ3n) is 2.39. The molecular formula is C6H6F4. The Morgan fingerprint density at radius 3 is 1.90 bits per heavy atom. The maximum atomic E-state index is 12.4. The average Bonchev–Trinajstić information content (AvgIpc) is 2.39. The van der Waals surface area contributed by atoms with Crippen LogP contribution < -0.4 is 0 Å². The Morgan fingerprint density at radius 1 is 1.10 bits per heavy atom. The van der Waals surface area contributed by atoms with E-state index in [4.69, 9.17) is 0 Å². The lowest BCUT2D eigenvalue weighted by molar-refractivity contribution is -0.202. The molecule has 4 heteroatoms. The molecule has 2 rings (SSSR count). The van der Waals surface area contributed by atoms with Gasteiger partial charge < -0.3 is 0 Å². The number of halogens is 4. The zero-order valence-corrected chi connectivity index (χ0v) is 5.08. The van der Waals surface area contributed by atoms with Gasteiger partial charge in [-0.2, -0.15) is 17.6 Å². The highest BCUT2D eigenvalue weighted by Crippen LogP contribution is 2.66. The van der Waals surface area contributed by atoms with Gasteiger partial charge >= 0.3 is 11.8 Å². The topological polar surface area (TPSA) is 0 Å². The summed E-state index contributed by atoms with van der Waals surface area (Å²) in [5.41, 5.74) is 0. The molecule has 2 atom stereocenters. The van der Waals surface area contributed by atoms with Crippen molar-refractivity contribution in [2.45, 2.75) is 24.7 Å². The van der Waals surface area contributed by atoms with Crippen LogP contribution in [0.25, 0.3) is 0 Å². The van der Waals surface area contributed by atoms with Crippen molar-refractivity contribution in [2.75, 3.05) is 0 Å². The Labute approximate surface area is 55.2 Å². The van der Waals surface area contributed by atoms with Gasteiger partial charge in [0.15, 0.2) is 0 Å². The van der Waals surface area contributed by atoms with E-state index in [9.17, 15) is 17.6 Å². The molecule has 0 aliphatic heterocycles. The third-order valence-corrected chi connectivity index (χ3v) is 2.39. The number of hydrogen-bond acceptors (Lipinski definition) is 0. The van der Waals surface area contributed by atoms with Crippen molar-refractivity contribution in [2.24, 2.45) is 11.8 Å². The van der Waals surface area contributed by atoms with E-state index in [0.29, 0.717) is 6.42 Å². The highest BCUT2D eigenvalue weighted by molar-refractivity contribution is 5.11. The normalized spacial score (nSPS) is 46.8. The molecule has 2 aliphatic carbocycles. The van der Waals surface area contributed by atoms with Crippen LogP contribution in [0.5, 0.6) is 0 Å². The minimum absolute atomic E-state index is 0.294. The Hall–Kier alpha value is -0.280. The van der Waals surface area contributed by atoms with Crippen molar-refractivity contribution in [1.82, 2.24) is 0 Å². The van der Waals surface area contributed by atoms with E-state index in [-0.39, 0.29) is 0 Å². The molecule has 0 spiro atoms. The standard InChI is InChI=1S/C6H6F4/c7-5(8)2-3-1-4(3)6(5,9)10/h3-4H,1-2H2/t3-,4?/m1/s1. The Bertz CT molecular complexity index is 175. The van der Waals surface area contributed by atoms with Crippen LogP contribution in [0.1, 0.15) is 12.8 Å². The van der Waals surface area contributed by atoms with Gasteiger partial charge in [-0.25, -0.2) is 0 Å². The highest BCUT2D eigenvalue weighted by Gasteiger charge is 2.75. The van der Waals surface area contributed by atoms with Gasteiger partial charge in [-0.3, -0.25) is 0 Å². The van der Waals surface area contributed by atoms with Gasteiger partial charge in [0.05, 0.1) is 0 Å². The van der Waals surface area contributed by atoms with Crippen molar-refractivity contribution in [3.8, 4) is 0 Å². The number of fused-ring (bicyclic) bond motifs is 1. The first-order chi connectivity index (χ1) is 4.45. The molecular weight excluding hydrogens is 148 g/mol. The van der Waals surface area contributed by atoms with E-state index in [1.807, 2.05) is 0 Å². The minimum Gasteiger partial charge on any atom is -0.200 e. The summed E-state index contributed by atoms with van der Waals surface area (Å²) in [5, 5.41) is 0. The zero-order valence-electron chi connectivity index (χ0n) is 5.08. The number of hydrogen-bond donors (Lipinski definition) is 0. The predicted molar refractivity (Wildman–Crippen MR) is 26.1 cm³/mol. The molecule has 0 aromatic carbocycles. The van der Waals surface area contributed by atoms with Gasteiger partial charge in [0.1, 0.15) is 0 Å². The van der Waals surface area contributed by atoms with Gasteiger partial charge in [0.2, 0.25) is 0 Å². The number of rotatable bonds is 0. The average molecular weight is 154 g/mol. The monoisotopic (exact) mass is 154 g/mol. The Balaban J connectivity index is 2.29. The molecule has 0 nitrogen and oxygen atoms in total. The summed E-state index contributed by atoms with van der Waals surface area (Å²) in [6.07, 6.45) is -0.312. The first-order valence-corrected chi connectivity index (χ1v) is 3.21. The lowest BCUT2D eigenvalue weighted by Crippen LogP contribution is -2.37. The molecule has 0 aromatic heterocycles. The van der Waals surface area contributed by atoms with Crippen molar-refractivity contribution >= 4 is 0 Å². The molecule has 0 N–H and O–H groups in total.